The third-order valence-electron chi connectivity index (χ3n) is 6.45. The highest BCUT2D eigenvalue weighted by atomic mass is 35.5. The molecule has 0 spiro atoms. The van der Waals surface area contributed by atoms with Gasteiger partial charge in [0.1, 0.15) is 5.78 Å². The molecule has 188 valence electrons. The highest BCUT2D eigenvalue weighted by Crippen LogP contribution is 2.45. The van der Waals surface area contributed by atoms with Crippen molar-refractivity contribution in [2.75, 3.05) is 6.61 Å². The van der Waals surface area contributed by atoms with Crippen LogP contribution in [-0.2, 0) is 13.9 Å². The first kappa shape index (κ1) is 28.8. The van der Waals surface area contributed by atoms with Crippen LogP contribution in [0.4, 0.5) is 0 Å². The molecule has 0 aliphatic carbocycles. The van der Waals surface area contributed by atoms with Crippen LogP contribution in [0.1, 0.15) is 90.9 Å². The molecule has 2 aromatic carbocycles. The van der Waals surface area contributed by atoms with Crippen molar-refractivity contribution in [2.45, 2.75) is 90.9 Å². The van der Waals surface area contributed by atoms with Gasteiger partial charge >= 0.3 is 0 Å². The number of carbonyl (C=O) groups is 1. The summed E-state index contributed by atoms with van der Waals surface area (Å²) in [6.45, 7) is 4.04. The van der Waals surface area contributed by atoms with E-state index < -0.39 is 7.37 Å². The lowest BCUT2D eigenvalue weighted by atomic mass is 9.97. The second-order valence-corrected chi connectivity index (χ2v) is 12.1. The van der Waals surface area contributed by atoms with Gasteiger partial charge in [-0.25, -0.2) is 0 Å². The molecule has 0 aliphatic rings. The molecule has 0 saturated heterocycles. The summed E-state index contributed by atoms with van der Waals surface area (Å²) in [6, 6.07) is 16.2. The lowest BCUT2D eigenvalue weighted by molar-refractivity contribution is -0.121. The molecule has 5 heteroatoms. The van der Waals surface area contributed by atoms with Crippen LogP contribution in [0.2, 0.25) is 5.02 Å². The smallest absolute Gasteiger partial charge is 0.261 e. The highest BCUT2D eigenvalue weighted by molar-refractivity contribution is 7.74. The van der Waals surface area contributed by atoms with Gasteiger partial charge in [0.2, 0.25) is 0 Å². The van der Waals surface area contributed by atoms with E-state index in [4.69, 9.17) is 16.1 Å². The SMILES string of the molecule is CCCCCCCCCCCCCC(COP(=O)(c1ccccc1)c1ccc(Cl)cc1)C(C)=O. The fourth-order valence-electron chi connectivity index (χ4n) is 4.21. The van der Waals surface area contributed by atoms with E-state index in [0.29, 0.717) is 15.6 Å². The van der Waals surface area contributed by atoms with Crippen molar-refractivity contribution in [3.05, 3.63) is 59.6 Å². The zero-order valence-corrected chi connectivity index (χ0v) is 22.7. The zero-order valence-electron chi connectivity index (χ0n) is 21.0. The first-order valence-electron chi connectivity index (χ1n) is 13.0. The Morgan fingerprint density at radius 3 is 1.82 bits per heavy atom. The van der Waals surface area contributed by atoms with Crippen molar-refractivity contribution < 1.29 is 13.9 Å². The van der Waals surface area contributed by atoms with E-state index in [9.17, 15) is 9.36 Å². The fraction of sp³-hybridized carbons (Fsp3) is 0.552. The van der Waals surface area contributed by atoms with Crippen LogP contribution in [0.5, 0.6) is 0 Å². The van der Waals surface area contributed by atoms with Crippen molar-refractivity contribution in [2.24, 2.45) is 5.92 Å². The lowest BCUT2D eigenvalue weighted by Gasteiger charge is -2.22. The summed E-state index contributed by atoms with van der Waals surface area (Å²) in [5.74, 6) is -0.134. The minimum atomic E-state index is -3.32. The Labute approximate surface area is 212 Å². The second-order valence-electron chi connectivity index (χ2n) is 9.29. The van der Waals surface area contributed by atoms with Crippen molar-refractivity contribution >= 4 is 35.4 Å². The van der Waals surface area contributed by atoms with Crippen LogP contribution in [0.25, 0.3) is 0 Å². The highest BCUT2D eigenvalue weighted by Gasteiger charge is 2.30. The van der Waals surface area contributed by atoms with Gasteiger partial charge in [-0.3, -0.25) is 9.36 Å². The minimum Gasteiger partial charge on any atom is -0.321 e. The second kappa shape index (κ2) is 16.3. The van der Waals surface area contributed by atoms with Crippen molar-refractivity contribution in [3.8, 4) is 0 Å². The molecule has 2 aromatic rings. The van der Waals surface area contributed by atoms with E-state index in [0.717, 1.165) is 19.3 Å². The minimum absolute atomic E-state index is 0.0998. The van der Waals surface area contributed by atoms with Gasteiger partial charge in [0.05, 0.1) is 6.61 Å². The predicted octanol–water partition coefficient (Wildman–Crippen LogP) is 8.49. The van der Waals surface area contributed by atoms with Gasteiger partial charge in [-0.05, 0) is 49.7 Å². The fourth-order valence-corrected chi connectivity index (χ4v) is 6.43. The molecule has 0 fully saturated rings. The van der Waals surface area contributed by atoms with Crippen LogP contribution >= 0.6 is 19.0 Å². The Hall–Kier alpha value is -1.41. The topological polar surface area (TPSA) is 43.4 Å². The van der Waals surface area contributed by atoms with Crippen LogP contribution < -0.4 is 10.6 Å². The number of carbonyl (C=O) groups excluding carboxylic acids is 1. The molecule has 0 aromatic heterocycles. The van der Waals surface area contributed by atoms with E-state index in [2.05, 4.69) is 6.92 Å². The van der Waals surface area contributed by atoms with Crippen molar-refractivity contribution in [1.82, 2.24) is 0 Å². The molecule has 34 heavy (non-hydrogen) atoms. The number of hydrogen-bond donors (Lipinski definition) is 0. The van der Waals surface area contributed by atoms with Crippen molar-refractivity contribution in [3.63, 3.8) is 0 Å². The van der Waals surface area contributed by atoms with Gasteiger partial charge < -0.3 is 4.52 Å². The molecule has 0 N–H and O–H groups in total. The predicted molar refractivity (Wildman–Crippen MR) is 146 cm³/mol. The van der Waals surface area contributed by atoms with E-state index in [1.165, 1.54) is 57.8 Å². The van der Waals surface area contributed by atoms with Crippen LogP contribution in [0.15, 0.2) is 54.6 Å². The number of ketones is 1. The first-order chi connectivity index (χ1) is 16.5. The van der Waals surface area contributed by atoms with Gasteiger partial charge in [-0.2, -0.15) is 0 Å². The standard InChI is InChI=1S/C29H42ClO3P/c1-3-4-5-6-7-8-9-10-11-12-14-17-26(25(2)31)24-33-34(32,28-18-15-13-16-19-28)29-22-20-27(30)21-23-29/h13,15-16,18-23,26H,3-12,14,17,24H2,1-2H3. The maximum atomic E-state index is 14.0. The monoisotopic (exact) mass is 504 g/mol. The summed E-state index contributed by atoms with van der Waals surface area (Å²) in [5.41, 5.74) is 0. The van der Waals surface area contributed by atoms with Crippen LogP contribution in [0.3, 0.4) is 0 Å². The molecule has 2 unspecified atom stereocenters. The molecule has 0 radical (unpaired) electrons. The third-order valence-corrected chi connectivity index (χ3v) is 9.17. The van der Waals surface area contributed by atoms with Gasteiger partial charge in [-0.15, -0.1) is 0 Å². The number of halogens is 1. The molecule has 3 nitrogen and oxygen atoms in total. The first-order valence-corrected chi connectivity index (χ1v) is 15.0. The maximum absolute atomic E-state index is 14.0. The summed E-state index contributed by atoms with van der Waals surface area (Å²) in [5, 5.41) is 1.82. The molecule has 2 rings (SSSR count). The Balaban J connectivity index is 1.83. The Morgan fingerprint density at radius 2 is 1.29 bits per heavy atom. The molecular formula is C29H42ClO3P. The van der Waals surface area contributed by atoms with E-state index >= 15 is 0 Å². The zero-order chi connectivity index (χ0) is 24.7. The van der Waals surface area contributed by atoms with E-state index in [1.807, 2.05) is 30.3 Å². The van der Waals surface area contributed by atoms with E-state index in [1.54, 1.807) is 31.2 Å². The largest absolute Gasteiger partial charge is 0.321 e. The Morgan fingerprint density at radius 1 is 0.794 bits per heavy atom. The average molecular weight is 505 g/mol. The van der Waals surface area contributed by atoms with Crippen LogP contribution in [0, 0.1) is 5.92 Å². The summed E-state index contributed by atoms with van der Waals surface area (Å²) < 4.78 is 20.1. The number of Topliss-reactive ketones (excluding diaryl/α,β-unsaturated/α-hetero) is 1. The van der Waals surface area contributed by atoms with Crippen LogP contribution in [-0.4, -0.2) is 12.4 Å². The number of unbranched alkanes of at least 4 members (excludes halogenated alkanes) is 10. The van der Waals surface area contributed by atoms with Gasteiger partial charge in [0.15, 0.2) is 0 Å². The van der Waals surface area contributed by atoms with Gasteiger partial charge in [0.25, 0.3) is 7.37 Å². The quantitative estimate of drug-likeness (QED) is 0.151. The van der Waals surface area contributed by atoms with Gasteiger partial charge in [-0.1, -0.05) is 107 Å². The lowest BCUT2D eigenvalue weighted by Crippen LogP contribution is -2.23. The Kier molecular flexibility index (Phi) is 13.8. The summed E-state index contributed by atoms with van der Waals surface area (Å²) in [4.78, 5) is 12.3. The Bertz CT molecular complexity index is 867. The van der Waals surface area contributed by atoms with E-state index in [-0.39, 0.29) is 18.3 Å². The molecule has 0 aliphatic heterocycles. The normalized spacial score (nSPS) is 14.0. The molecule has 0 amide bonds. The maximum Gasteiger partial charge on any atom is 0.261 e. The number of rotatable bonds is 18. The third kappa shape index (κ3) is 10.1. The van der Waals surface area contributed by atoms with Gasteiger partial charge in [0, 0.05) is 21.5 Å². The molecule has 2 atom stereocenters. The number of hydrogen-bond acceptors (Lipinski definition) is 3. The summed E-state index contributed by atoms with van der Waals surface area (Å²) >= 11 is 6.04. The summed E-state index contributed by atoms with van der Waals surface area (Å²) in [7, 11) is -3.32. The molecule has 0 saturated carbocycles. The molecular weight excluding hydrogens is 463 g/mol. The average Bonchev–Trinajstić information content (AvgIpc) is 2.85. The summed E-state index contributed by atoms with van der Waals surface area (Å²) in [6.07, 6.45) is 14.8. The molecule has 0 heterocycles. The molecule has 0 bridgehead atoms. The van der Waals surface area contributed by atoms with Crippen molar-refractivity contribution in [1.29, 1.82) is 0 Å². The number of benzene rings is 2.